The number of fused-ring (bicyclic) bond motifs is 1. The molecule has 90 valence electrons. The van der Waals surface area contributed by atoms with Crippen LogP contribution in [0, 0.1) is 13.8 Å². The topological polar surface area (TPSA) is 30.2 Å². The number of hydrogen-bond acceptors (Lipinski definition) is 2. The normalized spacial score (nSPS) is 11.1. The van der Waals surface area contributed by atoms with E-state index in [2.05, 4.69) is 56.3 Å². The summed E-state index contributed by atoms with van der Waals surface area (Å²) in [6.45, 7) is 4.18. The standard InChI is InChI=1S/C14H12BrN3/c1-9-3-4-11(15)7-12(9)14-10(2)18-6-5-16-8-13(18)17-14/h3-8H,1-2H3. The van der Waals surface area contributed by atoms with Crippen LogP contribution >= 0.6 is 15.9 Å². The van der Waals surface area contributed by atoms with Gasteiger partial charge in [-0.05, 0) is 31.5 Å². The Kier molecular flexibility index (Phi) is 2.67. The highest BCUT2D eigenvalue weighted by Crippen LogP contribution is 2.29. The predicted octanol–water partition coefficient (Wildman–Crippen LogP) is 3.78. The molecule has 0 bridgehead atoms. The summed E-state index contributed by atoms with van der Waals surface area (Å²) >= 11 is 3.52. The largest absolute Gasteiger partial charge is 0.301 e. The Balaban J connectivity index is 2.31. The maximum absolute atomic E-state index is 4.66. The van der Waals surface area contributed by atoms with Gasteiger partial charge >= 0.3 is 0 Å². The van der Waals surface area contributed by atoms with Gasteiger partial charge in [0.1, 0.15) is 0 Å². The lowest BCUT2D eigenvalue weighted by Crippen LogP contribution is -1.89. The van der Waals surface area contributed by atoms with Crippen molar-refractivity contribution in [1.29, 1.82) is 0 Å². The molecule has 3 aromatic rings. The number of halogens is 1. The molecular formula is C14H12BrN3. The van der Waals surface area contributed by atoms with Gasteiger partial charge in [0, 0.05) is 28.1 Å². The van der Waals surface area contributed by atoms with Gasteiger partial charge in [-0.3, -0.25) is 4.98 Å². The third-order valence-electron chi connectivity index (χ3n) is 3.12. The molecule has 18 heavy (non-hydrogen) atoms. The van der Waals surface area contributed by atoms with Gasteiger partial charge in [0.15, 0.2) is 5.65 Å². The molecule has 0 amide bonds. The molecule has 0 saturated carbocycles. The number of aromatic nitrogens is 3. The predicted molar refractivity (Wildman–Crippen MR) is 75.6 cm³/mol. The number of rotatable bonds is 1. The first-order chi connectivity index (χ1) is 8.66. The Hall–Kier alpha value is -1.68. The summed E-state index contributed by atoms with van der Waals surface area (Å²) in [4.78, 5) is 8.77. The molecule has 0 fully saturated rings. The number of imidazole rings is 1. The highest BCUT2D eigenvalue weighted by Gasteiger charge is 2.12. The van der Waals surface area contributed by atoms with Gasteiger partial charge in [0.2, 0.25) is 0 Å². The third-order valence-corrected chi connectivity index (χ3v) is 3.62. The van der Waals surface area contributed by atoms with Gasteiger partial charge in [-0.25, -0.2) is 4.98 Å². The average Bonchev–Trinajstić information content (AvgIpc) is 2.71. The summed E-state index contributed by atoms with van der Waals surface area (Å²) in [6.07, 6.45) is 5.50. The molecule has 1 aromatic carbocycles. The van der Waals surface area contributed by atoms with Crippen LogP contribution in [0.2, 0.25) is 0 Å². The van der Waals surface area contributed by atoms with Gasteiger partial charge in [-0.2, -0.15) is 0 Å². The van der Waals surface area contributed by atoms with Gasteiger partial charge in [-0.1, -0.05) is 22.0 Å². The van der Waals surface area contributed by atoms with Crippen molar-refractivity contribution in [2.24, 2.45) is 0 Å². The first kappa shape index (κ1) is 11.4. The van der Waals surface area contributed by atoms with Crippen LogP contribution in [0.1, 0.15) is 11.3 Å². The minimum Gasteiger partial charge on any atom is -0.301 e. The minimum absolute atomic E-state index is 0.879. The SMILES string of the molecule is Cc1ccc(Br)cc1-c1nc2cnccn2c1C. The molecule has 4 heteroatoms. The second-order valence-electron chi connectivity index (χ2n) is 4.31. The summed E-state index contributed by atoms with van der Waals surface area (Å²) in [5, 5.41) is 0. The second kappa shape index (κ2) is 4.21. The molecule has 0 radical (unpaired) electrons. The molecule has 0 unspecified atom stereocenters. The van der Waals surface area contributed by atoms with E-state index in [1.165, 1.54) is 5.56 Å². The van der Waals surface area contributed by atoms with Crippen molar-refractivity contribution in [2.45, 2.75) is 13.8 Å². The van der Waals surface area contributed by atoms with Crippen molar-refractivity contribution >= 4 is 21.6 Å². The van der Waals surface area contributed by atoms with Crippen molar-refractivity contribution < 1.29 is 0 Å². The molecule has 0 atom stereocenters. The fourth-order valence-electron chi connectivity index (χ4n) is 2.13. The van der Waals surface area contributed by atoms with E-state index in [-0.39, 0.29) is 0 Å². The van der Waals surface area contributed by atoms with Crippen LogP contribution in [0.4, 0.5) is 0 Å². The van der Waals surface area contributed by atoms with Gasteiger partial charge < -0.3 is 4.40 Å². The molecule has 0 aliphatic rings. The minimum atomic E-state index is 0.879. The molecule has 0 N–H and O–H groups in total. The summed E-state index contributed by atoms with van der Waals surface area (Å²) in [5.74, 6) is 0. The quantitative estimate of drug-likeness (QED) is 0.685. The summed E-state index contributed by atoms with van der Waals surface area (Å²) in [6, 6.07) is 6.25. The van der Waals surface area contributed by atoms with E-state index in [1.54, 1.807) is 12.4 Å². The van der Waals surface area contributed by atoms with Crippen LogP contribution in [-0.4, -0.2) is 14.4 Å². The fourth-order valence-corrected chi connectivity index (χ4v) is 2.49. The first-order valence-corrected chi connectivity index (χ1v) is 6.51. The fraction of sp³-hybridized carbons (Fsp3) is 0.143. The van der Waals surface area contributed by atoms with Crippen molar-refractivity contribution in [3.63, 3.8) is 0 Å². The zero-order valence-corrected chi connectivity index (χ0v) is 11.8. The molecule has 2 heterocycles. The van der Waals surface area contributed by atoms with Crippen molar-refractivity contribution in [1.82, 2.24) is 14.4 Å². The number of benzene rings is 1. The summed E-state index contributed by atoms with van der Waals surface area (Å²) in [5.41, 5.74) is 5.41. The van der Waals surface area contributed by atoms with E-state index >= 15 is 0 Å². The number of hydrogen-bond donors (Lipinski definition) is 0. The molecule has 3 nitrogen and oxygen atoms in total. The second-order valence-corrected chi connectivity index (χ2v) is 5.23. The summed E-state index contributed by atoms with van der Waals surface area (Å²) in [7, 11) is 0. The number of nitrogens with zero attached hydrogens (tertiary/aromatic N) is 3. The number of aryl methyl sites for hydroxylation is 2. The zero-order valence-electron chi connectivity index (χ0n) is 10.2. The molecule has 3 rings (SSSR count). The zero-order chi connectivity index (χ0) is 12.7. The van der Waals surface area contributed by atoms with Crippen LogP contribution in [-0.2, 0) is 0 Å². The Morgan fingerprint density at radius 3 is 2.83 bits per heavy atom. The van der Waals surface area contributed by atoms with E-state index in [4.69, 9.17) is 0 Å². The first-order valence-electron chi connectivity index (χ1n) is 5.72. The molecule has 0 aliphatic heterocycles. The van der Waals surface area contributed by atoms with Gasteiger partial charge in [0.25, 0.3) is 0 Å². The van der Waals surface area contributed by atoms with Crippen LogP contribution in [0.15, 0.2) is 41.3 Å². The molecule has 0 saturated heterocycles. The smallest absolute Gasteiger partial charge is 0.156 e. The van der Waals surface area contributed by atoms with Crippen LogP contribution in [0.3, 0.4) is 0 Å². The van der Waals surface area contributed by atoms with Gasteiger partial charge in [0.05, 0.1) is 11.9 Å². The Morgan fingerprint density at radius 2 is 2.06 bits per heavy atom. The molecule has 2 aromatic heterocycles. The van der Waals surface area contributed by atoms with Crippen LogP contribution < -0.4 is 0 Å². The van der Waals surface area contributed by atoms with Crippen LogP contribution in [0.25, 0.3) is 16.9 Å². The van der Waals surface area contributed by atoms with Gasteiger partial charge in [-0.15, -0.1) is 0 Å². The van der Waals surface area contributed by atoms with E-state index in [0.29, 0.717) is 0 Å². The Morgan fingerprint density at radius 1 is 1.22 bits per heavy atom. The lowest BCUT2D eigenvalue weighted by atomic mass is 10.1. The van der Waals surface area contributed by atoms with E-state index in [9.17, 15) is 0 Å². The van der Waals surface area contributed by atoms with Crippen LogP contribution in [0.5, 0.6) is 0 Å². The van der Waals surface area contributed by atoms with Crippen molar-refractivity contribution in [2.75, 3.05) is 0 Å². The van der Waals surface area contributed by atoms with E-state index in [0.717, 1.165) is 27.1 Å². The summed E-state index contributed by atoms with van der Waals surface area (Å²) < 4.78 is 3.13. The maximum atomic E-state index is 4.66. The highest BCUT2D eigenvalue weighted by atomic mass is 79.9. The van der Waals surface area contributed by atoms with E-state index in [1.807, 2.05) is 12.3 Å². The van der Waals surface area contributed by atoms with Crippen molar-refractivity contribution in [3.05, 3.63) is 52.5 Å². The highest BCUT2D eigenvalue weighted by molar-refractivity contribution is 9.10. The lowest BCUT2D eigenvalue weighted by Gasteiger charge is -2.04. The van der Waals surface area contributed by atoms with Crippen molar-refractivity contribution in [3.8, 4) is 11.3 Å². The molecular weight excluding hydrogens is 290 g/mol. The molecule has 0 spiro atoms. The van der Waals surface area contributed by atoms with E-state index < -0.39 is 0 Å². The monoisotopic (exact) mass is 301 g/mol. The Labute approximate surface area is 114 Å². The Bertz CT molecular complexity index is 731. The lowest BCUT2D eigenvalue weighted by molar-refractivity contribution is 1.07. The maximum Gasteiger partial charge on any atom is 0.156 e. The molecule has 0 aliphatic carbocycles. The average molecular weight is 302 g/mol. The third kappa shape index (κ3) is 1.73.